The average Bonchev–Trinajstić information content (AvgIpc) is 2.88. The third-order valence-electron chi connectivity index (χ3n) is 5.71. The first-order valence-corrected chi connectivity index (χ1v) is 12.5. The van der Waals surface area contributed by atoms with Crippen LogP contribution >= 0.6 is 15.9 Å². The highest BCUT2D eigenvalue weighted by molar-refractivity contribution is 9.10. The minimum Gasteiger partial charge on any atom is -0.432 e. The smallest absolute Gasteiger partial charge is 0.264 e. The van der Waals surface area contributed by atoms with Crippen molar-refractivity contribution in [2.75, 3.05) is 18.6 Å². The van der Waals surface area contributed by atoms with E-state index in [9.17, 15) is 14.7 Å². The zero-order valence-electron chi connectivity index (χ0n) is 15.3. The maximum absolute atomic E-state index is 13.3. The Morgan fingerprint density at radius 3 is 2.60 bits per heavy atom. The van der Waals surface area contributed by atoms with Gasteiger partial charge in [-0.05, 0) is 54.0 Å². The Labute approximate surface area is 158 Å². The van der Waals surface area contributed by atoms with Crippen molar-refractivity contribution >= 4 is 35.8 Å². The number of ether oxygens (including phenoxy) is 1. The first-order chi connectivity index (χ1) is 11.6. The van der Waals surface area contributed by atoms with Gasteiger partial charge < -0.3 is 19.5 Å². The molecule has 1 saturated heterocycles. The molecule has 2 aliphatic rings. The molecule has 5 nitrogen and oxygen atoms in total. The normalized spacial score (nSPS) is 31.9. The van der Waals surface area contributed by atoms with Crippen LogP contribution in [-0.4, -0.2) is 43.9 Å². The minimum atomic E-state index is -2.60. The van der Waals surface area contributed by atoms with Gasteiger partial charge in [0.1, 0.15) is 0 Å². The standard InChI is InChI=1S/C18H26BrNO4Si/c1-10-8-12-15(13(19)9-10)20(3)17(22)18(12)11(2)16(25(4,5)23)14(24-18)6-7-21/h8-9,11,14,16,21,23H,6-7H2,1-5H3/t11-,14+,16-,18+/m0/s1. The number of aliphatic hydroxyl groups excluding tert-OH is 1. The van der Waals surface area contributed by atoms with Gasteiger partial charge in [0.15, 0.2) is 13.9 Å². The van der Waals surface area contributed by atoms with Gasteiger partial charge in [-0.2, -0.15) is 0 Å². The van der Waals surface area contributed by atoms with Crippen molar-refractivity contribution in [2.45, 2.75) is 50.6 Å². The van der Waals surface area contributed by atoms with Crippen LogP contribution in [0.25, 0.3) is 0 Å². The SMILES string of the molecule is Cc1cc(Br)c2c(c1)[C@@]1(O[C@H](CCO)[C@@H]([Si](C)(C)O)[C@@H]1C)C(=O)N2C. The lowest BCUT2D eigenvalue weighted by atomic mass is 9.82. The summed E-state index contributed by atoms with van der Waals surface area (Å²) in [4.78, 5) is 25.9. The second-order valence-electron chi connectivity index (χ2n) is 7.88. The predicted molar refractivity (Wildman–Crippen MR) is 103 cm³/mol. The van der Waals surface area contributed by atoms with Crippen LogP contribution in [0.4, 0.5) is 5.69 Å². The maximum atomic E-state index is 13.3. The number of aliphatic hydroxyl groups is 1. The van der Waals surface area contributed by atoms with Crippen LogP contribution in [0.3, 0.4) is 0 Å². The number of amides is 1. The summed E-state index contributed by atoms with van der Waals surface area (Å²) in [5.74, 6) is -0.259. The number of anilines is 1. The Morgan fingerprint density at radius 1 is 1.40 bits per heavy atom. The second kappa shape index (κ2) is 6.16. The van der Waals surface area contributed by atoms with Gasteiger partial charge in [-0.1, -0.05) is 13.0 Å². The number of hydrogen-bond donors (Lipinski definition) is 2. The summed E-state index contributed by atoms with van der Waals surface area (Å²) in [7, 11) is -0.834. The molecule has 4 atom stereocenters. The highest BCUT2D eigenvalue weighted by atomic mass is 79.9. The minimum absolute atomic E-state index is 0.0250. The van der Waals surface area contributed by atoms with Crippen molar-refractivity contribution in [1.29, 1.82) is 0 Å². The average molecular weight is 428 g/mol. The molecule has 2 heterocycles. The molecule has 0 bridgehead atoms. The van der Waals surface area contributed by atoms with Gasteiger partial charge in [0, 0.05) is 35.1 Å². The maximum Gasteiger partial charge on any atom is 0.264 e. The summed E-state index contributed by atoms with van der Waals surface area (Å²) in [6.07, 6.45) is 0.0989. The van der Waals surface area contributed by atoms with Crippen molar-refractivity contribution in [1.82, 2.24) is 0 Å². The highest BCUT2D eigenvalue weighted by Gasteiger charge is 2.65. The second-order valence-corrected chi connectivity index (χ2v) is 12.7. The molecule has 3 rings (SSSR count). The number of carbonyl (C=O) groups is 1. The Bertz CT molecular complexity index is 720. The number of benzene rings is 1. The number of carbonyl (C=O) groups excluding carboxylic acids is 1. The van der Waals surface area contributed by atoms with Gasteiger partial charge in [0.25, 0.3) is 5.91 Å². The molecule has 0 saturated carbocycles. The Kier molecular flexibility index (Phi) is 4.69. The first kappa shape index (κ1) is 19.0. The van der Waals surface area contributed by atoms with Crippen LogP contribution in [0.5, 0.6) is 0 Å². The third kappa shape index (κ3) is 2.63. The van der Waals surface area contributed by atoms with E-state index in [4.69, 9.17) is 4.74 Å². The fourth-order valence-electron chi connectivity index (χ4n) is 4.81. The molecule has 138 valence electrons. The van der Waals surface area contributed by atoms with E-state index in [0.717, 1.165) is 21.3 Å². The van der Waals surface area contributed by atoms with Crippen LogP contribution in [0.15, 0.2) is 16.6 Å². The van der Waals surface area contributed by atoms with Gasteiger partial charge in [-0.25, -0.2) is 0 Å². The van der Waals surface area contributed by atoms with Crippen LogP contribution in [-0.2, 0) is 15.1 Å². The molecule has 0 aromatic heterocycles. The number of nitrogens with zero attached hydrogens (tertiary/aromatic N) is 1. The van der Waals surface area contributed by atoms with E-state index >= 15 is 0 Å². The highest BCUT2D eigenvalue weighted by Crippen LogP contribution is 2.60. The molecule has 25 heavy (non-hydrogen) atoms. The van der Waals surface area contributed by atoms with E-state index < -0.39 is 13.9 Å². The summed E-state index contributed by atoms with van der Waals surface area (Å²) in [6, 6.07) is 4.01. The molecule has 2 N–H and O–H groups in total. The molecule has 1 fully saturated rings. The van der Waals surface area contributed by atoms with Gasteiger partial charge in [0.05, 0.1) is 11.8 Å². The molecule has 1 aromatic rings. The number of fused-ring (bicyclic) bond motifs is 2. The van der Waals surface area contributed by atoms with Crippen molar-refractivity contribution in [3.63, 3.8) is 0 Å². The lowest BCUT2D eigenvalue weighted by Gasteiger charge is -2.32. The fourth-order valence-corrected chi connectivity index (χ4v) is 8.25. The number of aryl methyl sites for hydroxylation is 1. The first-order valence-electron chi connectivity index (χ1n) is 8.65. The predicted octanol–water partition coefficient (Wildman–Crippen LogP) is 2.91. The molecule has 7 heteroatoms. The van der Waals surface area contributed by atoms with Crippen molar-refractivity contribution in [2.24, 2.45) is 5.92 Å². The van der Waals surface area contributed by atoms with E-state index in [1.807, 2.05) is 39.1 Å². The molecule has 1 spiro atoms. The summed E-state index contributed by atoms with van der Waals surface area (Å²) in [5.41, 5.74) is 1.54. The summed E-state index contributed by atoms with van der Waals surface area (Å²) in [6.45, 7) is 7.75. The van der Waals surface area contributed by atoms with Crippen LogP contribution in [0.1, 0.15) is 24.5 Å². The Balaban J connectivity index is 2.22. The number of halogens is 1. The van der Waals surface area contributed by atoms with Crippen LogP contribution in [0, 0.1) is 12.8 Å². The number of rotatable bonds is 3. The molecular formula is C18H26BrNO4Si. The van der Waals surface area contributed by atoms with E-state index in [1.165, 1.54) is 0 Å². The molecule has 0 radical (unpaired) electrons. The third-order valence-corrected chi connectivity index (χ3v) is 8.82. The summed E-state index contributed by atoms with van der Waals surface area (Å²) in [5, 5.41) is 9.48. The summed E-state index contributed by atoms with van der Waals surface area (Å²) < 4.78 is 7.29. The van der Waals surface area contributed by atoms with Crippen molar-refractivity contribution < 1.29 is 19.4 Å². The Hall–Kier alpha value is -0.733. The molecule has 1 aromatic carbocycles. The quantitative estimate of drug-likeness (QED) is 0.727. The zero-order chi connectivity index (χ0) is 18.7. The van der Waals surface area contributed by atoms with E-state index in [-0.39, 0.29) is 30.1 Å². The largest absolute Gasteiger partial charge is 0.432 e. The molecule has 1 amide bonds. The lowest BCUT2D eigenvalue weighted by molar-refractivity contribution is -0.146. The van der Waals surface area contributed by atoms with E-state index in [0.29, 0.717) is 6.42 Å². The fraction of sp³-hybridized carbons (Fsp3) is 0.611. The van der Waals surface area contributed by atoms with Crippen LogP contribution < -0.4 is 4.90 Å². The van der Waals surface area contributed by atoms with Gasteiger partial charge in [-0.15, -0.1) is 0 Å². The van der Waals surface area contributed by atoms with Crippen LogP contribution in [0.2, 0.25) is 18.6 Å². The van der Waals surface area contributed by atoms with Gasteiger partial charge in [-0.3, -0.25) is 4.79 Å². The molecule has 2 aliphatic heterocycles. The van der Waals surface area contributed by atoms with Crippen molar-refractivity contribution in [3.8, 4) is 0 Å². The van der Waals surface area contributed by atoms with Gasteiger partial charge >= 0.3 is 0 Å². The van der Waals surface area contributed by atoms with E-state index in [1.54, 1.807) is 11.9 Å². The van der Waals surface area contributed by atoms with Gasteiger partial charge in [0.2, 0.25) is 0 Å². The number of hydrogen-bond acceptors (Lipinski definition) is 4. The number of likely N-dealkylation sites (N-methyl/N-ethyl adjacent to an activating group) is 1. The molecule has 0 aliphatic carbocycles. The van der Waals surface area contributed by atoms with Crippen molar-refractivity contribution in [3.05, 3.63) is 27.7 Å². The molecular weight excluding hydrogens is 402 g/mol. The monoisotopic (exact) mass is 427 g/mol. The summed E-state index contributed by atoms with van der Waals surface area (Å²) >= 11 is 3.59. The molecule has 0 unspecified atom stereocenters. The lowest BCUT2D eigenvalue weighted by Crippen LogP contribution is -2.45. The van der Waals surface area contributed by atoms with E-state index in [2.05, 4.69) is 15.9 Å². The topological polar surface area (TPSA) is 70.0 Å². The zero-order valence-corrected chi connectivity index (χ0v) is 17.9. The Morgan fingerprint density at radius 2 is 2.04 bits per heavy atom.